The maximum absolute atomic E-state index is 12.0. The predicted octanol–water partition coefficient (Wildman–Crippen LogP) is 2.80. The first kappa shape index (κ1) is 16.6. The van der Waals surface area contributed by atoms with E-state index in [4.69, 9.17) is 11.6 Å². The summed E-state index contributed by atoms with van der Waals surface area (Å²) in [6.07, 6.45) is 4.16. The molecule has 1 rings (SSSR count). The fourth-order valence-electron chi connectivity index (χ4n) is 1.51. The number of nitrogens with one attached hydrogen (secondary N) is 1. The number of hydrogen-bond donors (Lipinski definition) is 1. The van der Waals surface area contributed by atoms with E-state index in [1.54, 1.807) is 0 Å². The second-order valence-electron chi connectivity index (χ2n) is 4.06. The highest BCUT2D eigenvalue weighted by molar-refractivity contribution is 7.89. The van der Waals surface area contributed by atoms with Crippen LogP contribution in [0.4, 0.5) is 5.69 Å². The number of hydrogen-bond acceptors (Lipinski definition) is 4. The molecule has 0 bridgehead atoms. The van der Waals surface area contributed by atoms with Crippen molar-refractivity contribution < 1.29 is 13.3 Å². The largest absolute Gasteiger partial charge is 0.275 e. The zero-order valence-corrected chi connectivity index (χ0v) is 12.7. The number of nitro groups is 1. The lowest BCUT2D eigenvalue weighted by molar-refractivity contribution is -0.385. The molecule has 0 aliphatic heterocycles. The summed E-state index contributed by atoms with van der Waals surface area (Å²) in [5, 5.41) is 10.9. The van der Waals surface area contributed by atoms with E-state index in [-0.39, 0.29) is 27.7 Å². The maximum Gasteiger partial charge on any atom is 0.275 e. The number of allylic oxidation sites excluding steroid dienone is 1. The van der Waals surface area contributed by atoms with Crippen molar-refractivity contribution in [3.05, 3.63) is 45.0 Å². The van der Waals surface area contributed by atoms with Crippen LogP contribution in [-0.4, -0.2) is 19.9 Å². The van der Waals surface area contributed by atoms with Crippen LogP contribution in [0, 0.1) is 17.0 Å². The fourth-order valence-corrected chi connectivity index (χ4v) is 2.88. The Morgan fingerprint density at radius 2 is 2.10 bits per heavy atom. The van der Waals surface area contributed by atoms with E-state index in [1.165, 1.54) is 13.0 Å². The van der Waals surface area contributed by atoms with Gasteiger partial charge in [0.2, 0.25) is 10.0 Å². The summed E-state index contributed by atoms with van der Waals surface area (Å²) in [5.41, 5.74) is -0.0733. The third kappa shape index (κ3) is 4.03. The first-order chi connectivity index (χ1) is 9.29. The summed E-state index contributed by atoms with van der Waals surface area (Å²) in [6, 6.07) is 2.22. The summed E-state index contributed by atoms with van der Waals surface area (Å²) in [4.78, 5) is 10.0. The SMILES string of the molecule is C/C=C/CCNS(=O)(=O)c1cc(Cl)c(C)c([N+](=O)[O-])c1. The van der Waals surface area contributed by atoms with Crippen LogP contribution in [0.1, 0.15) is 18.9 Å². The van der Waals surface area contributed by atoms with Gasteiger partial charge in [0.25, 0.3) is 5.69 Å². The van der Waals surface area contributed by atoms with E-state index in [0.29, 0.717) is 6.42 Å². The summed E-state index contributed by atoms with van der Waals surface area (Å²) in [7, 11) is -3.81. The summed E-state index contributed by atoms with van der Waals surface area (Å²) in [6.45, 7) is 3.51. The molecule has 110 valence electrons. The van der Waals surface area contributed by atoms with Crippen molar-refractivity contribution in [2.45, 2.75) is 25.2 Å². The molecule has 0 fully saturated rings. The number of nitro benzene ring substituents is 1. The Morgan fingerprint density at radius 1 is 1.45 bits per heavy atom. The van der Waals surface area contributed by atoms with E-state index in [0.717, 1.165) is 6.07 Å². The number of halogens is 1. The minimum absolute atomic E-state index is 0.0491. The topological polar surface area (TPSA) is 89.3 Å². The molecule has 0 spiro atoms. The highest BCUT2D eigenvalue weighted by Gasteiger charge is 2.21. The highest BCUT2D eigenvalue weighted by Crippen LogP contribution is 2.29. The number of benzene rings is 1. The average Bonchev–Trinajstić information content (AvgIpc) is 2.37. The molecular formula is C12H15ClN2O4S. The highest BCUT2D eigenvalue weighted by atomic mass is 35.5. The van der Waals surface area contributed by atoms with Crippen molar-refractivity contribution in [3.8, 4) is 0 Å². The zero-order valence-electron chi connectivity index (χ0n) is 11.1. The van der Waals surface area contributed by atoms with Crippen LogP contribution in [0.3, 0.4) is 0 Å². The van der Waals surface area contributed by atoms with Crippen molar-refractivity contribution >= 4 is 27.3 Å². The molecular weight excluding hydrogens is 304 g/mol. The molecule has 1 aromatic carbocycles. The van der Waals surface area contributed by atoms with Crippen molar-refractivity contribution in [2.75, 3.05) is 6.54 Å². The fraction of sp³-hybridized carbons (Fsp3) is 0.333. The van der Waals surface area contributed by atoms with Gasteiger partial charge in [-0.2, -0.15) is 0 Å². The molecule has 20 heavy (non-hydrogen) atoms. The van der Waals surface area contributed by atoms with Crippen molar-refractivity contribution in [1.82, 2.24) is 4.72 Å². The zero-order chi connectivity index (χ0) is 15.3. The Hall–Kier alpha value is -1.44. The van der Waals surface area contributed by atoms with Gasteiger partial charge < -0.3 is 0 Å². The third-order valence-corrected chi connectivity index (χ3v) is 4.47. The van der Waals surface area contributed by atoms with Gasteiger partial charge in [-0.05, 0) is 26.3 Å². The molecule has 0 unspecified atom stereocenters. The van der Waals surface area contributed by atoms with E-state index >= 15 is 0 Å². The van der Waals surface area contributed by atoms with Gasteiger partial charge in [-0.1, -0.05) is 23.8 Å². The standard InChI is InChI=1S/C12H15ClN2O4S/c1-3-4-5-6-14-20(18,19)10-7-11(13)9(2)12(8-10)15(16)17/h3-4,7-8,14H,5-6H2,1-2H3/b4-3+. The maximum atomic E-state index is 12.0. The van der Waals surface area contributed by atoms with E-state index < -0.39 is 14.9 Å². The van der Waals surface area contributed by atoms with Gasteiger partial charge in [-0.15, -0.1) is 0 Å². The van der Waals surface area contributed by atoms with Crippen LogP contribution in [-0.2, 0) is 10.0 Å². The van der Waals surface area contributed by atoms with E-state index in [9.17, 15) is 18.5 Å². The lowest BCUT2D eigenvalue weighted by atomic mass is 10.2. The van der Waals surface area contributed by atoms with Gasteiger partial charge in [0.05, 0.1) is 14.8 Å². The van der Waals surface area contributed by atoms with Crippen LogP contribution in [0.15, 0.2) is 29.2 Å². The molecule has 0 amide bonds. The predicted molar refractivity (Wildman–Crippen MR) is 77.5 cm³/mol. The molecule has 0 aliphatic carbocycles. The molecule has 1 aromatic rings. The molecule has 1 N–H and O–H groups in total. The Kier molecular flexibility index (Phi) is 5.67. The summed E-state index contributed by atoms with van der Waals surface area (Å²) in [5.74, 6) is 0. The minimum atomic E-state index is -3.81. The normalized spacial score (nSPS) is 11.9. The quantitative estimate of drug-likeness (QED) is 0.378. The van der Waals surface area contributed by atoms with Gasteiger partial charge in [-0.25, -0.2) is 13.1 Å². The molecule has 0 aromatic heterocycles. The van der Waals surface area contributed by atoms with Crippen LogP contribution in [0.5, 0.6) is 0 Å². The third-order valence-electron chi connectivity index (χ3n) is 2.64. The molecule has 0 radical (unpaired) electrons. The number of sulfonamides is 1. The monoisotopic (exact) mass is 318 g/mol. The van der Waals surface area contributed by atoms with Crippen LogP contribution < -0.4 is 4.72 Å². The van der Waals surface area contributed by atoms with Crippen molar-refractivity contribution in [3.63, 3.8) is 0 Å². The summed E-state index contributed by atoms with van der Waals surface area (Å²) >= 11 is 5.85. The van der Waals surface area contributed by atoms with Gasteiger partial charge in [0.15, 0.2) is 0 Å². The molecule has 0 saturated heterocycles. The second kappa shape index (κ2) is 6.83. The first-order valence-electron chi connectivity index (χ1n) is 5.85. The van der Waals surface area contributed by atoms with E-state index in [2.05, 4.69) is 4.72 Å². The van der Waals surface area contributed by atoms with Crippen LogP contribution in [0.2, 0.25) is 5.02 Å². The smallest absolute Gasteiger partial charge is 0.258 e. The van der Waals surface area contributed by atoms with Gasteiger partial charge in [-0.3, -0.25) is 10.1 Å². The lowest BCUT2D eigenvalue weighted by Crippen LogP contribution is -2.24. The second-order valence-corrected chi connectivity index (χ2v) is 6.24. The number of rotatable bonds is 6. The average molecular weight is 319 g/mol. The first-order valence-corrected chi connectivity index (χ1v) is 7.71. The Bertz CT molecular complexity index is 641. The molecule has 0 heterocycles. The van der Waals surface area contributed by atoms with Crippen molar-refractivity contribution in [2.24, 2.45) is 0 Å². The molecule has 8 heteroatoms. The summed E-state index contributed by atoms with van der Waals surface area (Å²) < 4.78 is 26.4. The minimum Gasteiger partial charge on any atom is -0.258 e. The molecule has 0 aliphatic rings. The molecule has 0 atom stereocenters. The van der Waals surface area contributed by atoms with Crippen LogP contribution in [0.25, 0.3) is 0 Å². The Morgan fingerprint density at radius 3 is 2.65 bits per heavy atom. The van der Waals surface area contributed by atoms with Gasteiger partial charge >= 0.3 is 0 Å². The molecule has 0 saturated carbocycles. The lowest BCUT2D eigenvalue weighted by Gasteiger charge is -2.08. The molecule has 6 nitrogen and oxygen atoms in total. The Balaban J connectivity index is 3.09. The van der Waals surface area contributed by atoms with Crippen LogP contribution >= 0.6 is 11.6 Å². The van der Waals surface area contributed by atoms with Gasteiger partial charge in [0.1, 0.15) is 0 Å². The van der Waals surface area contributed by atoms with Crippen molar-refractivity contribution in [1.29, 1.82) is 0 Å². The van der Waals surface area contributed by atoms with Gasteiger partial charge in [0, 0.05) is 18.2 Å². The van der Waals surface area contributed by atoms with E-state index in [1.807, 2.05) is 19.1 Å². The Labute approximate surface area is 122 Å². The number of nitrogens with zero attached hydrogens (tertiary/aromatic N) is 1.